The van der Waals surface area contributed by atoms with Gasteiger partial charge in [-0.25, -0.2) is 9.97 Å². The number of halogens is 1. The van der Waals surface area contributed by atoms with Gasteiger partial charge in [-0.1, -0.05) is 30.7 Å². The van der Waals surface area contributed by atoms with E-state index in [-0.39, 0.29) is 11.8 Å². The van der Waals surface area contributed by atoms with Gasteiger partial charge in [0.15, 0.2) is 5.82 Å². The molecule has 2 heterocycles. The molecule has 0 aliphatic carbocycles. The molecule has 168 valence electrons. The first-order valence-electron chi connectivity index (χ1n) is 10.8. The van der Waals surface area contributed by atoms with Gasteiger partial charge in [0.05, 0.1) is 18.8 Å². The maximum atomic E-state index is 10.3. The van der Waals surface area contributed by atoms with Gasteiger partial charge in [0.25, 0.3) is 0 Å². The van der Waals surface area contributed by atoms with Crippen LogP contribution in [-0.2, 0) is 4.74 Å². The van der Waals surface area contributed by atoms with Crippen LogP contribution < -0.4 is 16.0 Å². The minimum absolute atomic E-state index is 0.00420. The largest absolute Gasteiger partial charge is 0.507 e. The minimum atomic E-state index is 0.00420. The lowest BCUT2D eigenvalue weighted by molar-refractivity contribution is 0.122. The summed E-state index contributed by atoms with van der Waals surface area (Å²) in [5.74, 6) is 1.14. The second-order valence-electron chi connectivity index (χ2n) is 7.81. The number of ether oxygens (including phenoxy) is 1. The number of aromatic hydroxyl groups is 1. The van der Waals surface area contributed by atoms with Crippen molar-refractivity contribution in [2.75, 3.05) is 43.1 Å². The molecule has 0 saturated carbocycles. The fraction of sp³-hybridized carbons (Fsp3) is 0.333. The van der Waals surface area contributed by atoms with Crippen molar-refractivity contribution >= 4 is 23.1 Å². The maximum Gasteiger partial charge on any atom is 0.165 e. The van der Waals surface area contributed by atoms with Crippen molar-refractivity contribution in [1.29, 1.82) is 0 Å². The number of benzene rings is 2. The molecule has 0 bridgehead atoms. The molecule has 1 saturated heterocycles. The quantitative estimate of drug-likeness (QED) is 0.494. The summed E-state index contributed by atoms with van der Waals surface area (Å²) in [6.07, 6.45) is 2.62. The molecule has 8 heteroatoms. The van der Waals surface area contributed by atoms with Crippen LogP contribution in [0, 0.1) is 0 Å². The lowest BCUT2D eigenvalue weighted by Gasteiger charge is -2.29. The molecule has 0 unspecified atom stereocenters. The molecular formula is C24H28ClN5O2. The van der Waals surface area contributed by atoms with Crippen LogP contribution in [-0.4, -0.2) is 54.0 Å². The van der Waals surface area contributed by atoms with Gasteiger partial charge in [0.2, 0.25) is 0 Å². The van der Waals surface area contributed by atoms with Crippen LogP contribution in [0.15, 0.2) is 48.7 Å². The first-order valence-corrected chi connectivity index (χ1v) is 11.2. The number of rotatable bonds is 7. The van der Waals surface area contributed by atoms with E-state index in [0.29, 0.717) is 28.8 Å². The molecular weight excluding hydrogens is 426 g/mol. The van der Waals surface area contributed by atoms with E-state index in [9.17, 15) is 5.11 Å². The molecule has 0 amide bonds. The third kappa shape index (κ3) is 5.12. The molecule has 1 atom stereocenters. The molecule has 1 aromatic heterocycles. The SMILES string of the molecule is CC[C@H](N)CNc1nc(-c2cc(Cl)ccc2O)ncc1-c1ccc(N2CCOCC2)cc1. The Balaban J connectivity index is 1.67. The van der Waals surface area contributed by atoms with Gasteiger partial charge < -0.3 is 25.8 Å². The highest BCUT2D eigenvalue weighted by molar-refractivity contribution is 6.30. The summed E-state index contributed by atoms with van der Waals surface area (Å²) in [5, 5.41) is 14.2. The predicted octanol–water partition coefficient (Wildman–Crippen LogP) is 4.16. The molecule has 7 nitrogen and oxygen atoms in total. The highest BCUT2D eigenvalue weighted by Crippen LogP contribution is 2.33. The van der Waals surface area contributed by atoms with E-state index >= 15 is 0 Å². The van der Waals surface area contributed by atoms with Crippen LogP contribution in [0.1, 0.15) is 13.3 Å². The Hall–Kier alpha value is -2.87. The summed E-state index contributed by atoms with van der Waals surface area (Å²) in [6.45, 7) is 5.91. The predicted molar refractivity (Wildman–Crippen MR) is 129 cm³/mol. The van der Waals surface area contributed by atoms with Crippen molar-refractivity contribution in [3.63, 3.8) is 0 Å². The highest BCUT2D eigenvalue weighted by Gasteiger charge is 2.16. The van der Waals surface area contributed by atoms with Crippen LogP contribution in [0.2, 0.25) is 5.02 Å². The van der Waals surface area contributed by atoms with E-state index in [0.717, 1.165) is 43.9 Å². The van der Waals surface area contributed by atoms with Crippen molar-refractivity contribution in [2.24, 2.45) is 5.73 Å². The first-order chi connectivity index (χ1) is 15.5. The summed E-state index contributed by atoms with van der Waals surface area (Å²) in [4.78, 5) is 11.5. The van der Waals surface area contributed by atoms with Crippen molar-refractivity contribution in [1.82, 2.24) is 9.97 Å². The van der Waals surface area contributed by atoms with Crippen LogP contribution in [0.25, 0.3) is 22.5 Å². The van der Waals surface area contributed by atoms with Crippen molar-refractivity contribution in [2.45, 2.75) is 19.4 Å². The normalized spacial score (nSPS) is 14.9. The van der Waals surface area contributed by atoms with Crippen molar-refractivity contribution in [3.8, 4) is 28.3 Å². The number of hydrogen-bond donors (Lipinski definition) is 3. The summed E-state index contributed by atoms with van der Waals surface area (Å²) in [5.41, 5.74) is 9.64. The standard InChI is InChI=1S/C24H28ClN5O2/c1-2-18(26)14-27-24-21(15-28-23(29-24)20-13-17(25)5-8-22(20)31)16-3-6-19(7-4-16)30-9-11-32-12-10-30/h3-8,13,15,18,31H,2,9-12,14,26H2,1H3,(H,27,28,29)/t18-/m0/s1. The minimum Gasteiger partial charge on any atom is -0.507 e. The smallest absolute Gasteiger partial charge is 0.165 e. The average Bonchev–Trinajstić information content (AvgIpc) is 2.84. The van der Waals surface area contributed by atoms with Gasteiger partial charge >= 0.3 is 0 Å². The second-order valence-corrected chi connectivity index (χ2v) is 8.25. The number of nitrogens with two attached hydrogens (primary N) is 1. The fourth-order valence-electron chi connectivity index (χ4n) is 3.59. The zero-order valence-electron chi connectivity index (χ0n) is 18.1. The van der Waals surface area contributed by atoms with Gasteiger partial charge in [-0.2, -0.15) is 0 Å². The lowest BCUT2D eigenvalue weighted by Crippen LogP contribution is -2.36. The molecule has 1 aliphatic heterocycles. The number of nitrogens with zero attached hydrogens (tertiary/aromatic N) is 3. The van der Waals surface area contributed by atoms with Gasteiger partial charge in [-0.05, 0) is 42.3 Å². The molecule has 1 fully saturated rings. The van der Waals surface area contributed by atoms with E-state index in [1.807, 2.05) is 6.92 Å². The molecule has 2 aromatic carbocycles. The van der Waals surface area contributed by atoms with Crippen LogP contribution in [0.3, 0.4) is 0 Å². The Labute approximate surface area is 193 Å². The number of phenols is 1. The molecule has 3 aromatic rings. The Kier molecular flexibility index (Phi) is 7.09. The summed E-state index contributed by atoms with van der Waals surface area (Å²) in [7, 11) is 0. The van der Waals surface area contributed by atoms with E-state index in [4.69, 9.17) is 27.1 Å². The van der Waals surface area contributed by atoms with E-state index in [2.05, 4.69) is 39.5 Å². The zero-order chi connectivity index (χ0) is 22.5. The number of anilines is 2. The van der Waals surface area contributed by atoms with Gasteiger partial charge in [0, 0.05) is 48.1 Å². The molecule has 32 heavy (non-hydrogen) atoms. The van der Waals surface area contributed by atoms with Crippen molar-refractivity contribution in [3.05, 3.63) is 53.7 Å². The monoisotopic (exact) mass is 453 g/mol. The lowest BCUT2D eigenvalue weighted by atomic mass is 10.1. The Morgan fingerprint density at radius 1 is 1.16 bits per heavy atom. The van der Waals surface area contributed by atoms with E-state index < -0.39 is 0 Å². The maximum absolute atomic E-state index is 10.3. The van der Waals surface area contributed by atoms with Crippen LogP contribution in [0.5, 0.6) is 5.75 Å². The second kappa shape index (κ2) is 10.2. The van der Waals surface area contributed by atoms with Crippen molar-refractivity contribution < 1.29 is 9.84 Å². The molecule has 0 spiro atoms. The number of nitrogens with one attached hydrogen (secondary N) is 1. The summed E-state index contributed by atoms with van der Waals surface area (Å²) < 4.78 is 5.45. The average molecular weight is 454 g/mol. The van der Waals surface area contributed by atoms with Gasteiger partial charge in [0.1, 0.15) is 11.6 Å². The Morgan fingerprint density at radius 3 is 2.62 bits per heavy atom. The van der Waals surface area contributed by atoms with Gasteiger partial charge in [-0.3, -0.25) is 0 Å². The number of hydrogen-bond acceptors (Lipinski definition) is 7. The molecule has 4 N–H and O–H groups in total. The van der Waals surface area contributed by atoms with Crippen LogP contribution in [0.4, 0.5) is 11.5 Å². The Morgan fingerprint density at radius 2 is 1.91 bits per heavy atom. The number of aromatic nitrogens is 2. The zero-order valence-corrected chi connectivity index (χ0v) is 18.8. The molecule has 0 radical (unpaired) electrons. The summed E-state index contributed by atoms with van der Waals surface area (Å²) in [6, 6.07) is 13.2. The van der Waals surface area contributed by atoms with E-state index in [1.54, 1.807) is 24.4 Å². The summed E-state index contributed by atoms with van der Waals surface area (Å²) >= 11 is 6.12. The van der Waals surface area contributed by atoms with Gasteiger partial charge in [-0.15, -0.1) is 0 Å². The fourth-order valence-corrected chi connectivity index (χ4v) is 3.76. The molecule has 4 rings (SSSR count). The Bertz CT molecular complexity index is 1050. The van der Waals surface area contributed by atoms with E-state index in [1.165, 1.54) is 5.69 Å². The highest BCUT2D eigenvalue weighted by atomic mass is 35.5. The third-order valence-electron chi connectivity index (χ3n) is 5.60. The van der Waals surface area contributed by atoms with Crippen LogP contribution >= 0.6 is 11.6 Å². The first kappa shape index (κ1) is 22.3. The topological polar surface area (TPSA) is 96.5 Å². The third-order valence-corrected chi connectivity index (χ3v) is 5.83. The molecule has 1 aliphatic rings. The number of morpholine rings is 1. The number of phenolic OH excluding ortho intramolecular Hbond substituents is 1.